The van der Waals surface area contributed by atoms with Gasteiger partial charge in [-0.3, -0.25) is 4.79 Å². The molecule has 160 valence electrons. The fourth-order valence-corrected chi connectivity index (χ4v) is 4.94. The van der Waals surface area contributed by atoms with Gasteiger partial charge in [0.15, 0.2) is 0 Å². The number of benzene rings is 2. The lowest BCUT2D eigenvalue weighted by Gasteiger charge is -2.29. The van der Waals surface area contributed by atoms with Gasteiger partial charge in [-0.1, -0.05) is 0 Å². The summed E-state index contributed by atoms with van der Waals surface area (Å²) in [6.45, 7) is 3.51. The number of carbonyl (C=O) groups excluding carboxylic acids is 1. The fourth-order valence-electron chi connectivity index (χ4n) is 4.38. The van der Waals surface area contributed by atoms with Gasteiger partial charge in [-0.2, -0.15) is 0 Å². The first-order valence-corrected chi connectivity index (χ1v) is 11.4. The van der Waals surface area contributed by atoms with Crippen molar-refractivity contribution in [3.63, 3.8) is 0 Å². The molecule has 2 aromatic carbocycles. The monoisotopic (exact) mass is 432 g/mol. The van der Waals surface area contributed by atoms with Gasteiger partial charge in [0.05, 0.1) is 22.8 Å². The molecule has 2 heterocycles. The molecule has 2 aromatic rings. The fraction of sp³-hybridized carbons (Fsp3) is 0.381. The van der Waals surface area contributed by atoms with E-state index < -0.39 is 10.0 Å². The Balaban J connectivity index is 1.63. The standard InChI is InChI=1S/C21H25FN4O3S/c1-14-10-15-11-17(30(23,28)29)5-7-18(15)26(14)21(27)13-25-9-3-8-24(2)19-6-4-16(22)12-20(19)25/h4-7,11-12,14H,3,8-10,13H2,1-2H3,(H2,23,28,29). The molecule has 0 radical (unpaired) electrons. The molecule has 0 spiro atoms. The molecule has 9 heteroatoms. The van der Waals surface area contributed by atoms with Crippen molar-refractivity contribution in [2.75, 3.05) is 41.4 Å². The Bertz CT molecular complexity index is 1110. The minimum Gasteiger partial charge on any atom is -0.373 e. The number of rotatable bonds is 3. The molecule has 1 amide bonds. The van der Waals surface area contributed by atoms with Crippen LogP contribution in [-0.2, 0) is 21.2 Å². The van der Waals surface area contributed by atoms with Crippen molar-refractivity contribution in [1.29, 1.82) is 0 Å². The van der Waals surface area contributed by atoms with Crippen LogP contribution in [-0.4, -0.2) is 47.0 Å². The van der Waals surface area contributed by atoms with Gasteiger partial charge in [-0.05, 0) is 61.7 Å². The summed E-state index contributed by atoms with van der Waals surface area (Å²) in [6, 6.07) is 9.16. The molecule has 7 nitrogen and oxygen atoms in total. The van der Waals surface area contributed by atoms with E-state index in [4.69, 9.17) is 5.14 Å². The van der Waals surface area contributed by atoms with Crippen LogP contribution in [0.25, 0.3) is 0 Å². The maximum Gasteiger partial charge on any atom is 0.246 e. The van der Waals surface area contributed by atoms with Crippen LogP contribution >= 0.6 is 0 Å². The van der Waals surface area contributed by atoms with E-state index in [1.54, 1.807) is 23.1 Å². The van der Waals surface area contributed by atoms with Gasteiger partial charge in [0.1, 0.15) is 5.82 Å². The van der Waals surface area contributed by atoms with Crippen molar-refractivity contribution in [2.24, 2.45) is 5.14 Å². The number of halogens is 1. The molecule has 0 saturated heterocycles. The molecule has 0 fully saturated rings. The van der Waals surface area contributed by atoms with Crippen molar-refractivity contribution in [1.82, 2.24) is 0 Å². The summed E-state index contributed by atoms with van der Waals surface area (Å²) >= 11 is 0. The summed E-state index contributed by atoms with van der Waals surface area (Å²) in [7, 11) is -1.84. The number of nitrogens with zero attached hydrogens (tertiary/aromatic N) is 3. The van der Waals surface area contributed by atoms with E-state index in [0.717, 1.165) is 24.2 Å². The predicted molar refractivity (Wildman–Crippen MR) is 115 cm³/mol. The van der Waals surface area contributed by atoms with Crippen LogP contribution in [0.1, 0.15) is 18.9 Å². The number of primary sulfonamides is 1. The van der Waals surface area contributed by atoms with Crippen LogP contribution in [0.2, 0.25) is 0 Å². The Morgan fingerprint density at radius 3 is 2.60 bits per heavy atom. The van der Waals surface area contributed by atoms with Gasteiger partial charge in [-0.15, -0.1) is 0 Å². The third-order valence-corrected chi connectivity index (χ3v) is 6.71. The highest BCUT2D eigenvalue weighted by molar-refractivity contribution is 7.89. The van der Waals surface area contributed by atoms with Gasteiger partial charge in [0.25, 0.3) is 0 Å². The van der Waals surface area contributed by atoms with Crippen LogP contribution < -0.4 is 19.8 Å². The van der Waals surface area contributed by atoms with E-state index in [1.807, 2.05) is 18.9 Å². The summed E-state index contributed by atoms with van der Waals surface area (Å²) in [5, 5.41) is 5.24. The van der Waals surface area contributed by atoms with E-state index in [1.165, 1.54) is 18.2 Å². The third kappa shape index (κ3) is 3.75. The Morgan fingerprint density at radius 2 is 1.87 bits per heavy atom. The van der Waals surface area contributed by atoms with Crippen molar-refractivity contribution in [2.45, 2.75) is 30.7 Å². The number of amides is 1. The predicted octanol–water partition coefficient (Wildman–Crippen LogP) is 2.10. The maximum absolute atomic E-state index is 14.0. The van der Waals surface area contributed by atoms with Crippen molar-refractivity contribution in [3.8, 4) is 0 Å². The molecule has 30 heavy (non-hydrogen) atoms. The van der Waals surface area contributed by atoms with Crippen molar-refractivity contribution in [3.05, 3.63) is 47.8 Å². The zero-order valence-electron chi connectivity index (χ0n) is 17.0. The Labute approximate surface area is 175 Å². The Kier molecular flexibility index (Phi) is 5.19. The summed E-state index contributed by atoms with van der Waals surface area (Å²) in [6.07, 6.45) is 1.41. The van der Waals surface area contributed by atoms with Crippen LogP contribution in [0, 0.1) is 5.82 Å². The molecule has 2 aliphatic rings. The number of anilines is 3. The summed E-state index contributed by atoms with van der Waals surface area (Å²) in [5.74, 6) is -0.443. The Morgan fingerprint density at radius 1 is 1.13 bits per heavy atom. The van der Waals surface area contributed by atoms with E-state index in [-0.39, 0.29) is 29.2 Å². The molecule has 0 aromatic heterocycles. The lowest BCUT2D eigenvalue weighted by Crippen LogP contribution is -2.43. The number of hydrogen-bond acceptors (Lipinski definition) is 5. The normalized spacial score (nSPS) is 18.8. The van der Waals surface area contributed by atoms with Crippen LogP contribution in [0.15, 0.2) is 41.3 Å². The second-order valence-corrected chi connectivity index (χ2v) is 9.54. The molecule has 0 saturated carbocycles. The topological polar surface area (TPSA) is 86.9 Å². The van der Waals surface area contributed by atoms with Crippen LogP contribution in [0.5, 0.6) is 0 Å². The number of fused-ring (bicyclic) bond motifs is 2. The number of carbonyl (C=O) groups is 1. The van der Waals surface area contributed by atoms with Gasteiger partial charge in [0.2, 0.25) is 15.9 Å². The number of sulfonamides is 1. The summed E-state index contributed by atoms with van der Waals surface area (Å²) < 4.78 is 37.3. The zero-order valence-corrected chi connectivity index (χ0v) is 17.8. The first-order valence-electron chi connectivity index (χ1n) is 9.88. The molecular formula is C21H25FN4O3S. The SMILES string of the molecule is CC1Cc2cc(S(N)(=O)=O)ccc2N1C(=O)CN1CCCN(C)c2ccc(F)cc21. The number of nitrogens with two attached hydrogens (primary N) is 1. The highest BCUT2D eigenvalue weighted by Gasteiger charge is 2.33. The van der Waals surface area contributed by atoms with Crippen LogP contribution in [0.3, 0.4) is 0 Å². The Hall–Kier alpha value is -2.65. The quantitative estimate of drug-likeness (QED) is 0.803. The third-order valence-electron chi connectivity index (χ3n) is 5.80. The minimum absolute atomic E-state index is 0.0442. The molecule has 1 unspecified atom stereocenters. The highest BCUT2D eigenvalue weighted by atomic mass is 32.2. The molecule has 0 bridgehead atoms. The average molecular weight is 433 g/mol. The first-order chi connectivity index (χ1) is 14.1. The van der Waals surface area contributed by atoms with E-state index in [2.05, 4.69) is 4.90 Å². The highest BCUT2D eigenvalue weighted by Crippen LogP contribution is 2.36. The molecule has 4 rings (SSSR count). The first kappa shape index (κ1) is 20.6. The summed E-state index contributed by atoms with van der Waals surface area (Å²) in [4.78, 5) is 19.0. The van der Waals surface area contributed by atoms with Gasteiger partial charge < -0.3 is 14.7 Å². The molecule has 2 aliphatic heterocycles. The second kappa shape index (κ2) is 7.55. The zero-order chi connectivity index (χ0) is 21.6. The molecular weight excluding hydrogens is 407 g/mol. The maximum atomic E-state index is 14.0. The average Bonchev–Trinajstić information content (AvgIpc) is 2.93. The second-order valence-electron chi connectivity index (χ2n) is 7.98. The van der Waals surface area contributed by atoms with Crippen LogP contribution in [0.4, 0.5) is 21.5 Å². The van der Waals surface area contributed by atoms with Gasteiger partial charge in [0, 0.05) is 31.9 Å². The van der Waals surface area contributed by atoms with E-state index in [0.29, 0.717) is 24.3 Å². The van der Waals surface area contributed by atoms with E-state index in [9.17, 15) is 17.6 Å². The smallest absolute Gasteiger partial charge is 0.246 e. The largest absolute Gasteiger partial charge is 0.373 e. The molecule has 2 N–H and O–H groups in total. The molecule has 1 atom stereocenters. The van der Waals surface area contributed by atoms with Crippen molar-refractivity contribution < 1.29 is 17.6 Å². The molecule has 0 aliphatic carbocycles. The summed E-state index contributed by atoms with van der Waals surface area (Å²) in [5.41, 5.74) is 3.09. The van der Waals surface area contributed by atoms with Crippen molar-refractivity contribution >= 4 is 33.0 Å². The minimum atomic E-state index is -3.80. The van der Waals surface area contributed by atoms with E-state index >= 15 is 0 Å². The number of hydrogen-bond donors (Lipinski definition) is 1. The lowest BCUT2D eigenvalue weighted by atomic mass is 10.1. The lowest BCUT2D eigenvalue weighted by molar-refractivity contribution is -0.117. The van der Waals surface area contributed by atoms with Gasteiger partial charge in [-0.25, -0.2) is 17.9 Å². The van der Waals surface area contributed by atoms with Gasteiger partial charge >= 0.3 is 0 Å².